The Morgan fingerprint density at radius 2 is 1.69 bits per heavy atom. The maximum absolute atomic E-state index is 12.1. The molecule has 3 nitrogen and oxygen atoms in total. The topological polar surface area (TPSA) is 60.4 Å². The van der Waals surface area contributed by atoms with Gasteiger partial charge in [0.1, 0.15) is 0 Å². The predicted molar refractivity (Wildman–Crippen MR) is 37.2 cm³/mol. The Labute approximate surface area is 75.0 Å². The van der Waals surface area contributed by atoms with E-state index in [1.165, 1.54) is 0 Å². The average Bonchev–Trinajstić information content (AvgIpc) is 1.86. The first kappa shape index (κ1) is 15.3. The molecule has 13 heavy (non-hydrogen) atoms. The Bertz CT molecular complexity index is 185. The minimum absolute atomic E-state index is 0. The molecular formula is C5H9F4O3S-. The van der Waals surface area contributed by atoms with E-state index in [2.05, 4.69) is 0 Å². The van der Waals surface area contributed by atoms with Crippen LogP contribution < -0.4 is 0 Å². The monoisotopic (exact) mass is 225 g/mol. The maximum atomic E-state index is 12.1. The summed E-state index contributed by atoms with van der Waals surface area (Å²) in [4.78, 5) is 0. The summed E-state index contributed by atoms with van der Waals surface area (Å²) in [5.41, 5.74) is 0. The molecular weight excluding hydrogens is 216 g/mol. The number of rotatable bonds is 4. The molecule has 0 aliphatic carbocycles. The third kappa shape index (κ3) is 3.20. The van der Waals surface area contributed by atoms with Crippen molar-refractivity contribution in [2.75, 3.05) is 6.61 Å². The van der Waals surface area contributed by atoms with Gasteiger partial charge < -0.3 is 9.66 Å². The van der Waals surface area contributed by atoms with E-state index in [-0.39, 0.29) is 7.43 Å². The third-order valence-corrected chi connectivity index (χ3v) is 1.78. The van der Waals surface area contributed by atoms with Crippen LogP contribution in [0.15, 0.2) is 0 Å². The van der Waals surface area contributed by atoms with E-state index < -0.39 is 35.3 Å². The van der Waals surface area contributed by atoms with Crippen molar-refractivity contribution in [2.45, 2.75) is 25.0 Å². The van der Waals surface area contributed by atoms with Crippen LogP contribution in [-0.4, -0.2) is 31.7 Å². The van der Waals surface area contributed by atoms with Gasteiger partial charge in [0.15, 0.2) is 0 Å². The quantitative estimate of drug-likeness (QED) is 0.576. The van der Waals surface area contributed by atoms with E-state index in [0.29, 0.717) is 0 Å². The van der Waals surface area contributed by atoms with Gasteiger partial charge in [-0.05, 0) is 0 Å². The minimum atomic E-state index is -5.13. The molecule has 0 saturated heterocycles. The van der Waals surface area contributed by atoms with Crippen LogP contribution in [-0.2, 0) is 11.1 Å². The van der Waals surface area contributed by atoms with Crippen molar-refractivity contribution in [2.24, 2.45) is 0 Å². The highest BCUT2D eigenvalue weighted by Gasteiger charge is 2.56. The van der Waals surface area contributed by atoms with E-state index in [1.807, 2.05) is 0 Å². The maximum Gasteiger partial charge on any atom is 0.371 e. The van der Waals surface area contributed by atoms with Gasteiger partial charge in [-0.15, -0.1) is 0 Å². The largest absolute Gasteiger partial charge is 0.768 e. The van der Waals surface area contributed by atoms with Gasteiger partial charge in [0, 0.05) is 24.1 Å². The van der Waals surface area contributed by atoms with Crippen molar-refractivity contribution in [3.8, 4) is 0 Å². The summed E-state index contributed by atoms with van der Waals surface area (Å²) in [6, 6.07) is 0. The first-order valence-electron chi connectivity index (χ1n) is 2.71. The first-order chi connectivity index (χ1) is 5.25. The zero-order valence-electron chi connectivity index (χ0n) is 5.60. The molecule has 0 bridgehead atoms. The molecule has 1 unspecified atom stereocenters. The van der Waals surface area contributed by atoms with Gasteiger partial charge in [0.25, 0.3) is 0 Å². The Kier molecular flexibility index (Phi) is 5.72. The second-order valence-electron chi connectivity index (χ2n) is 1.93. The number of hydrogen-bond acceptors (Lipinski definition) is 3. The number of alkyl halides is 4. The number of halogens is 4. The van der Waals surface area contributed by atoms with Crippen LogP contribution in [0.5, 0.6) is 0 Å². The van der Waals surface area contributed by atoms with Gasteiger partial charge in [0.05, 0.1) is 0 Å². The zero-order valence-corrected chi connectivity index (χ0v) is 6.41. The minimum Gasteiger partial charge on any atom is -0.768 e. The number of aliphatic hydroxyl groups is 1. The van der Waals surface area contributed by atoms with Gasteiger partial charge in [0.2, 0.25) is 0 Å². The lowest BCUT2D eigenvalue weighted by Gasteiger charge is -2.27. The van der Waals surface area contributed by atoms with Crippen LogP contribution >= 0.6 is 0 Å². The number of aliphatic hydroxyl groups excluding tert-OH is 1. The molecule has 0 saturated carbocycles. The molecule has 0 aliphatic heterocycles. The predicted octanol–water partition coefficient (Wildman–Crippen LogP) is 1.11. The standard InChI is InChI=1S/C4H6F4O3S.CH4/c5-3(6,1-2-9)4(7,8)12(10)11;/h9H,1-2H2,(H,10,11);1H4/p-1. The lowest BCUT2D eigenvalue weighted by atomic mass is 10.2. The molecule has 0 aromatic carbocycles. The fraction of sp³-hybridized carbons (Fsp3) is 1.00. The van der Waals surface area contributed by atoms with Crippen molar-refractivity contribution in [1.82, 2.24) is 0 Å². The van der Waals surface area contributed by atoms with Crippen LogP contribution in [0, 0.1) is 0 Å². The molecule has 0 amide bonds. The second kappa shape index (κ2) is 4.87. The van der Waals surface area contributed by atoms with Gasteiger partial charge in [-0.1, -0.05) is 7.43 Å². The van der Waals surface area contributed by atoms with Crippen LogP contribution in [0.4, 0.5) is 17.6 Å². The van der Waals surface area contributed by atoms with Gasteiger partial charge in [-0.25, -0.2) is 0 Å². The molecule has 82 valence electrons. The van der Waals surface area contributed by atoms with E-state index in [1.54, 1.807) is 0 Å². The fourth-order valence-corrected chi connectivity index (χ4v) is 0.754. The molecule has 0 aromatic rings. The highest BCUT2D eigenvalue weighted by molar-refractivity contribution is 7.80. The Balaban J connectivity index is 0. The molecule has 1 atom stereocenters. The van der Waals surface area contributed by atoms with E-state index in [0.717, 1.165) is 0 Å². The summed E-state index contributed by atoms with van der Waals surface area (Å²) in [7, 11) is 0. The molecule has 0 radical (unpaired) electrons. The van der Waals surface area contributed by atoms with Gasteiger partial charge in [-0.2, -0.15) is 17.6 Å². The van der Waals surface area contributed by atoms with Crippen LogP contribution in [0.1, 0.15) is 13.8 Å². The molecule has 1 N–H and O–H groups in total. The molecule has 0 fully saturated rings. The van der Waals surface area contributed by atoms with E-state index in [4.69, 9.17) is 5.11 Å². The number of hydrogen-bond donors (Lipinski definition) is 1. The smallest absolute Gasteiger partial charge is 0.371 e. The molecule has 0 heterocycles. The summed E-state index contributed by atoms with van der Waals surface area (Å²) in [6.45, 7) is -1.21. The van der Waals surface area contributed by atoms with Crippen LogP contribution in [0.25, 0.3) is 0 Å². The van der Waals surface area contributed by atoms with Crippen molar-refractivity contribution in [1.29, 1.82) is 0 Å². The first-order valence-corrected chi connectivity index (χ1v) is 3.79. The van der Waals surface area contributed by atoms with E-state index >= 15 is 0 Å². The molecule has 0 rings (SSSR count). The molecule has 0 spiro atoms. The zero-order chi connectivity index (χ0) is 9.99. The Morgan fingerprint density at radius 1 is 1.31 bits per heavy atom. The molecule has 0 aromatic heterocycles. The SMILES string of the molecule is C.O=S([O-])C(F)(F)C(F)(F)CCO. The highest BCUT2D eigenvalue weighted by atomic mass is 32.2. The Hall–Kier alpha value is -0.210. The van der Waals surface area contributed by atoms with Crippen molar-refractivity contribution in [3.05, 3.63) is 0 Å². The second-order valence-corrected chi connectivity index (χ2v) is 2.91. The van der Waals surface area contributed by atoms with Crippen molar-refractivity contribution < 1.29 is 31.4 Å². The summed E-state index contributed by atoms with van der Waals surface area (Å²) in [5.74, 6) is -4.73. The normalized spacial score (nSPS) is 14.9. The van der Waals surface area contributed by atoms with Crippen LogP contribution in [0.2, 0.25) is 0 Å². The van der Waals surface area contributed by atoms with Gasteiger partial charge >= 0.3 is 11.2 Å². The van der Waals surface area contributed by atoms with Gasteiger partial charge in [-0.3, -0.25) is 4.21 Å². The average molecular weight is 225 g/mol. The summed E-state index contributed by atoms with van der Waals surface area (Å²) < 4.78 is 67.6. The van der Waals surface area contributed by atoms with E-state index in [9.17, 15) is 26.3 Å². The van der Waals surface area contributed by atoms with Crippen molar-refractivity contribution >= 4 is 11.1 Å². The summed E-state index contributed by atoms with van der Waals surface area (Å²) in [6.07, 6.45) is -1.59. The van der Waals surface area contributed by atoms with Crippen molar-refractivity contribution in [3.63, 3.8) is 0 Å². The Morgan fingerprint density at radius 3 is 1.92 bits per heavy atom. The highest BCUT2D eigenvalue weighted by Crippen LogP contribution is 2.38. The lowest BCUT2D eigenvalue weighted by Crippen LogP contribution is -2.44. The lowest BCUT2D eigenvalue weighted by molar-refractivity contribution is -0.165. The fourth-order valence-electron chi connectivity index (χ4n) is 0.408. The van der Waals surface area contributed by atoms with Crippen LogP contribution in [0.3, 0.4) is 0 Å². The third-order valence-electron chi connectivity index (χ3n) is 1.06. The summed E-state index contributed by atoms with van der Waals surface area (Å²) in [5, 5.41) is 2.80. The molecule has 8 heteroatoms. The summed E-state index contributed by atoms with van der Waals surface area (Å²) >= 11 is -4.19. The molecule has 0 aliphatic rings.